The maximum Gasteiger partial charge on any atom is 0.132 e. The van der Waals surface area contributed by atoms with Crippen molar-refractivity contribution in [3.63, 3.8) is 0 Å². The first-order valence-electron chi connectivity index (χ1n) is 4.89. The largest absolute Gasteiger partial charge is 0.467 e. The number of morpholine rings is 1. The van der Waals surface area contributed by atoms with Crippen LogP contribution in [-0.2, 0) is 4.74 Å². The Kier molecular flexibility index (Phi) is 3.18. The van der Waals surface area contributed by atoms with Crippen LogP contribution < -0.4 is 5.32 Å². The minimum Gasteiger partial charge on any atom is -0.467 e. The predicted molar refractivity (Wildman–Crippen MR) is 50.9 cm³/mol. The van der Waals surface area contributed by atoms with Crippen molar-refractivity contribution in [1.82, 2.24) is 5.32 Å². The molecule has 2 atom stereocenters. The highest BCUT2D eigenvalue weighted by Crippen LogP contribution is 2.19. The summed E-state index contributed by atoms with van der Waals surface area (Å²) in [5.41, 5.74) is 0. The van der Waals surface area contributed by atoms with E-state index >= 15 is 0 Å². The summed E-state index contributed by atoms with van der Waals surface area (Å²) in [6.07, 6.45) is 1.67. The van der Waals surface area contributed by atoms with Gasteiger partial charge in [-0.1, -0.05) is 0 Å². The van der Waals surface area contributed by atoms with E-state index in [1.165, 1.54) is 0 Å². The lowest BCUT2D eigenvalue weighted by atomic mass is 10.1. The molecule has 0 radical (unpaired) electrons. The van der Waals surface area contributed by atoms with Gasteiger partial charge in [0.15, 0.2) is 0 Å². The molecule has 2 N–H and O–H groups in total. The van der Waals surface area contributed by atoms with E-state index in [9.17, 15) is 5.11 Å². The summed E-state index contributed by atoms with van der Waals surface area (Å²) in [5, 5.41) is 13.1. The lowest BCUT2D eigenvalue weighted by Crippen LogP contribution is -2.42. The Morgan fingerprint density at radius 3 is 3.21 bits per heavy atom. The topological polar surface area (TPSA) is 54.6 Å². The first-order valence-corrected chi connectivity index (χ1v) is 4.89. The van der Waals surface area contributed by atoms with Gasteiger partial charge >= 0.3 is 0 Å². The molecule has 78 valence electrons. The number of rotatable bonds is 3. The zero-order chi connectivity index (χ0) is 9.80. The third-order valence-electron chi connectivity index (χ3n) is 2.38. The number of hydrogen-bond donors (Lipinski definition) is 2. The van der Waals surface area contributed by atoms with E-state index in [4.69, 9.17) is 9.15 Å². The summed E-state index contributed by atoms with van der Waals surface area (Å²) in [4.78, 5) is 0. The van der Waals surface area contributed by atoms with Gasteiger partial charge in [0.25, 0.3) is 0 Å². The Bertz CT molecular complexity index is 254. The molecular formula is C10H15NO3. The van der Waals surface area contributed by atoms with Crippen molar-refractivity contribution in [2.75, 3.05) is 19.8 Å². The van der Waals surface area contributed by atoms with Crippen molar-refractivity contribution >= 4 is 0 Å². The van der Waals surface area contributed by atoms with Crippen LogP contribution in [-0.4, -0.2) is 30.9 Å². The van der Waals surface area contributed by atoms with E-state index in [2.05, 4.69) is 5.32 Å². The molecule has 1 fully saturated rings. The second-order valence-corrected chi connectivity index (χ2v) is 3.49. The SMILES string of the molecule is O[C@H](C[C@H]1COCCN1)c1ccco1. The number of aliphatic hydroxyl groups is 1. The molecule has 0 spiro atoms. The maximum absolute atomic E-state index is 9.77. The van der Waals surface area contributed by atoms with E-state index in [1.54, 1.807) is 18.4 Å². The molecule has 0 saturated carbocycles. The van der Waals surface area contributed by atoms with Crippen molar-refractivity contribution in [2.24, 2.45) is 0 Å². The lowest BCUT2D eigenvalue weighted by molar-refractivity contribution is 0.0468. The van der Waals surface area contributed by atoms with Crippen LogP contribution in [0.4, 0.5) is 0 Å². The molecule has 2 heterocycles. The van der Waals surface area contributed by atoms with Crippen molar-refractivity contribution in [3.05, 3.63) is 24.2 Å². The van der Waals surface area contributed by atoms with Crippen molar-refractivity contribution in [2.45, 2.75) is 18.6 Å². The molecule has 1 saturated heterocycles. The van der Waals surface area contributed by atoms with Crippen LogP contribution >= 0.6 is 0 Å². The molecule has 1 aliphatic heterocycles. The standard InChI is InChI=1S/C10H15NO3/c12-9(10-2-1-4-14-10)6-8-7-13-5-3-11-8/h1-2,4,8-9,11-12H,3,5-7H2/t8-,9+/m0/s1. The molecule has 1 aromatic rings. The molecule has 1 aliphatic rings. The van der Waals surface area contributed by atoms with E-state index in [1.807, 2.05) is 0 Å². The molecule has 14 heavy (non-hydrogen) atoms. The maximum atomic E-state index is 9.77. The Hall–Kier alpha value is -0.840. The highest BCUT2D eigenvalue weighted by molar-refractivity contribution is 5.02. The molecular weight excluding hydrogens is 182 g/mol. The van der Waals surface area contributed by atoms with Crippen LogP contribution in [0.2, 0.25) is 0 Å². The minimum atomic E-state index is -0.538. The summed E-state index contributed by atoms with van der Waals surface area (Å²) < 4.78 is 10.4. The monoisotopic (exact) mass is 197 g/mol. The number of nitrogens with one attached hydrogen (secondary N) is 1. The van der Waals surface area contributed by atoms with Crippen LogP contribution in [0.3, 0.4) is 0 Å². The molecule has 1 aromatic heterocycles. The Labute approximate surface area is 82.9 Å². The van der Waals surface area contributed by atoms with Crippen LogP contribution in [0.15, 0.2) is 22.8 Å². The fourth-order valence-corrected chi connectivity index (χ4v) is 1.64. The minimum absolute atomic E-state index is 0.226. The second kappa shape index (κ2) is 4.59. The second-order valence-electron chi connectivity index (χ2n) is 3.49. The van der Waals surface area contributed by atoms with Crippen LogP contribution in [0.1, 0.15) is 18.3 Å². The first kappa shape index (κ1) is 9.71. The van der Waals surface area contributed by atoms with Crippen molar-refractivity contribution in [1.29, 1.82) is 0 Å². The van der Waals surface area contributed by atoms with Gasteiger partial charge in [-0.05, 0) is 18.6 Å². The quantitative estimate of drug-likeness (QED) is 0.748. The van der Waals surface area contributed by atoms with Crippen LogP contribution in [0.25, 0.3) is 0 Å². The molecule has 4 heteroatoms. The molecule has 2 rings (SSSR count). The van der Waals surface area contributed by atoms with E-state index < -0.39 is 6.10 Å². The average Bonchev–Trinajstić information content (AvgIpc) is 2.72. The zero-order valence-corrected chi connectivity index (χ0v) is 7.98. The Morgan fingerprint density at radius 2 is 2.57 bits per heavy atom. The Morgan fingerprint density at radius 1 is 1.64 bits per heavy atom. The normalized spacial score (nSPS) is 24.8. The summed E-state index contributed by atoms with van der Waals surface area (Å²) in [6.45, 7) is 2.28. The summed E-state index contributed by atoms with van der Waals surface area (Å²) in [5.74, 6) is 0.623. The van der Waals surface area contributed by atoms with E-state index in [0.717, 1.165) is 13.2 Å². The number of ether oxygens (including phenoxy) is 1. The fraction of sp³-hybridized carbons (Fsp3) is 0.600. The van der Waals surface area contributed by atoms with Gasteiger partial charge in [-0.25, -0.2) is 0 Å². The average molecular weight is 197 g/mol. The van der Waals surface area contributed by atoms with Gasteiger partial charge < -0.3 is 19.6 Å². The number of aliphatic hydroxyl groups excluding tert-OH is 1. The van der Waals surface area contributed by atoms with E-state index in [0.29, 0.717) is 18.8 Å². The van der Waals surface area contributed by atoms with Gasteiger partial charge in [0.1, 0.15) is 11.9 Å². The molecule has 0 unspecified atom stereocenters. The number of furan rings is 1. The van der Waals surface area contributed by atoms with Gasteiger partial charge in [0, 0.05) is 12.6 Å². The first-order chi connectivity index (χ1) is 6.86. The van der Waals surface area contributed by atoms with E-state index in [-0.39, 0.29) is 6.04 Å². The molecule has 4 nitrogen and oxygen atoms in total. The summed E-state index contributed by atoms with van der Waals surface area (Å²) in [7, 11) is 0. The fourth-order valence-electron chi connectivity index (χ4n) is 1.64. The van der Waals surface area contributed by atoms with Gasteiger partial charge in [-0.3, -0.25) is 0 Å². The highest BCUT2D eigenvalue weighted by Gasteiger charge is 2.19. The van der Waals surface area contributed by atoms with Crippen LogP contribution in [0.5, 0.6) is 0 Å². The lowest BCUT2D eigenvalue weighted by Gasteiger charge is -2.25. The smallest absolute Gasteiger partial charge is 0.132 e. The molecule has 0 amide bonds. The van der Waals surface area contributed by atoms with Gasteiger partial charge in [-0.2, -0.15) is 0 Å². The third kappa shape index (κ3) is 2.35. The van der Waals surface area contributed by atoms with Gasteiger partial charge in [0.05, 0.1) is 19.5 Å². The molecule has 0 aliphatic carbocycles. The summed E-state index contributed by atoms with van der Waals surface area (Å²) in [6, 6.07) is 3.79. The highest BCUT2D eigenvalue weighted by atomic mass is 16.5. The van der Waals surface area contributed by atoms with Gasteiger partial charge in [0.2, 0.25) is 0 Å². The molecule has 0 aromatic carbocycles. The van der Waals surface area contributed by atoms with Crippen molar-refractivity contribution < 1.29 is 14.3 Å². The van der Waals surface area contributed by atoms with Crippen LogP contribution in [0, 0.1) is 0 Å². The molecule has 0 bridgehead atoms. The third-order valence-corrected chi connectivity index (χ3v) is 2.38. The summed E-state index contributed by atoms with van der Waals surface area (Å²) >= 11 is 0. The zero-order valence-electron chi connectivity index (χ0n) is 7.98. The van der Waals surface area contributed by atoms with Gasteiger partial charge in [-0.15, -0.1) is 0 Å². The van der Waals surface area contributed by atoms with Crippen molar-refractivity contribution in [3.8, 4) is 0 Å². The predicted octanol–water partition coefficient (Wildman–Crippen LogP) is 0.691. The number of hydrogen-bond acceptors (Lipinski definition) is 4. The Balaban J connectivity index is 1.84.